The Kier molecular flexibility index (Phi) is 6.72. The van der Waals surface area contributed by atoms with Crippen LogP contribution in [0.15, 0.2) is 47.0 Å². The molecule has 0 N–H and O–H groups in total. The predicted molar refractivity (Wildman–Crippen MR) is 111 cm³/mol. The van der Waals surface area contributed by atoms with Gasteiger partial charge < -0.3 is 18.9 Å². The molecule has 0 fully saturated rings. The summed E-state index contributed by atoms with van der Waals surface area (Å²) in [6.07, 6.45) is 0.551. The van der Waals surface area contributed by atoms with Crippen LogP contribution in [-0.2, 0) is 11.2 Å². The number of ether oxygens (including phenoxy) is 2. The lowest BCUT2D eigenvalue weighted by Crippen LogP contribution is -2.31. The number of carbonyl (C=O) groups is 1. The molecule has 3 aromatic rings. The standard InChI is InChI=1S/C21H22ClN3O4/c1-4-25(17-13-15(22)7-10-18(17)28-3)20(26)12-11-19-23-21(24-29-19)14-5-8-16(27-2)9-6-14/h5-10,13H,4,11-12H2,1-3H3. The quantitative estimate of drug-likeness (QED) is 0.542. The van der Waals surface area contributed by atoms with Crippen LogP contribution < -0.4 is 14.4 Å². The van der Waals surface area contributed by atoms with E-state index in [9.17, 15) is 4.79 Å². The van der Waals surface area contributed by atoms with E-state index in [1.807, 2.05) is 31.2 Å². The number of methoxy groups -OCH3 is 2. The van der Waals surface area contributed by atoms with Gasteiger partial charge in [0.15, 0.2) is 0 Å². The normalized spacial score (nSPS) is 10.6. The summed E-state index contributed by atoms with van der Waals surface area (Å²) in [6.45, 7) is 2.38. The fraction of sp³-hybridized carbons (Fsp3) is 0.286. The largest absolute Gasteiger partial charge is 0.497 e. The Morgan fingerprint density at radius 3 is 2.55 bits per heavy atom. The summed E-state index contributed by atoms with van der Waals surface area (Å²) in [5, 5.41) is 4.53. The van der Waals surface area contributed by atoms with Crippen molar-refractivity contribution in [1.29, 1.82) is 0 Å². The number of aromatic nitrogens is 2. The molecule has 0 saturated heterocycles. The van der Waals surface area contributed by atoms with Crippen molar-refractivity contribution in [3.8, 4) is 22.9 Å². The van der Waals surface area contributed by atoms with Gasteiger partial charge in [-0.2, -0.15) is 4.98 Å². The van der Waals surface area contributed by atoms with E-state index < -0.39 is 0 Å². The van der Waals surface area contributed by atoms with Crippen LogP contribution in [-0.4, -0.2) is 36.8 Å². The van der Waals surface area contributed by atoms with Gasteiger partial charge in [0.2, 0.25) is 17.6 Å². The number of halogens is 1. The van der Waals surface area contributed by atoms with Gasteiger partial charge in [-0.25, -0.2) is 0 Å². The molecule has 0 aliphatic carbocycles. The number of anilines is 1. The average molecular weight is 416 g/mol. The van der Waals surface area contributed by atoms with Crippen LogP contribution in [0.3, 0.4) is 0 Å². The van der Waals surface area contributed by atoms with Crippen molar-refractivity contribution in [1.82, 2.24) is 10.1 Å². The Bertz CT molecular complexity index is 972. The summed E-state index contributed by atoms with van der Waals surface area (Å²) in [4.78, 5) is 18.8. The highest BCUT2D eigenvalue weighted by Crippen LogP contribution is 2.31. The van der Waals surface area contributed by atoms with Gasteiger partial charge in [0.05, 0.1) is 19.9 Å². The molecule has 3 rings (SSSR count). The van der Waals surface area contributed by atoms with Gasteiger partial charge in [0.25, 0.3) is 0 Å². The zero-order valence-electron chi connectivity index (χ0n) is 16.5. The molecule has 0 bridgehead atoms. The molecule has 152 valence electrons. The van der Waals surface area contributed by atoms with Crippen LogP contribution in [0.25, 0.3) is 11.4 Å². The molecule has 0 atom stereocenters. The molecule has 0 saturated carbocycles. The van der Waals surface area contributed by atoms with E-state index in [-0.39, 0.29) is 12.3 Å². The maximum Gasteiger partial charge on any atom is 0.227 e. The predicted octanol–water partition coefficient (Wildman–Crippen LogP) is 4.39. The first-order valence-electron chi connectivity index (χ1n) is 9.16. The Hall–Kier alpha value is -3.06. The van der Waals surface area contributed by atoms with Crippen LogP contribution in [0.2, 0.25) is 5.02 Å². The Morgan fingerprint density at radius 1 is 1.14 bits per heavy atom. The molecule has 0 unspecified atom stereocenters. The molecule has 29 heavy (non-hydrogen) atoms. The third-order valence-electron chi connectivity index (χ3n) is 4.42. The molecule has 0 radical (unpaired) electrons. The van der Waals surface area contributed by atoms with Crippen molar-refractivity contribution in [2.75, 3.05) is 25.7 Å². The number of hydrogen-bond acceptors (Lipinski definition) is 6. The van der Waals surface area contributed by atoms with Crippen LogP contribution in [0.1, 0.15) is 19.2 Å². The third kappa shape index (κ3) is 4.86. The number of amides is 1. The van der Waals surface area contributed by atoms with Crippen molar-refractivity contribution in [3.05, 3.63) is 53.4 Å². The minimum absolute atomic E-state index is 0.0859. The molecule has 0 spiro atoms. The van der Waals surface area contributed by atoms with Gasteiger partial charge in [-0.05, 0) is 49.4 Å². The lowest BCUT2D eigenvalue weighted by Gasteiger charge is -2.23. The lowest BCUT2D eigenvalue weighted by molar-refractivity contribution is -0.118. The molecule has 7 nitrogen and oxygen atoms in total. The molecule has 1 amide bonds. The van der Waals surface area contributed by atoms with Gasteiger partial charge in [0, 0.05) is 30.0 Å². The fourth-order valence-electron chi connectivity index (χ4n) is 2.92. The molecule has 1 heterocycles. The van der Waals surface area contributed by atoms with Crippen molar-refractivity contribution in [3.63, 3.8) is 0 Å². The summed E-state index contributed by atoms with van der Waals surface area (Å²) in [5.74, 6) is 2.12. The van der Waals surface area contributed by atoms with Crippen LogP contribution >= 0.6 is 11.6 Å². The number of carbonyl (C=O) groups excluding carboxylic acids is 1. The second kappa shape index (κ2) is 9.43. The summed E-state index contributed by atoms with van der Waals surface area (Å²) in [5.41, 5.74) is 1.45. The third-order valence-corrected chi connectivity index (χ3v) is 4.65. The minimum Gasteiger partial charge on any atom is -0.497 e. The van der Waals surface area contributed by atoms with Gasteiger partial charge in [-0.3, -0.25) is 4.79 Å². The second-order valence-corrected chi connectivity index (χ2v) is 6.63. The Labute approximate surface area is 174 Å². The van der Waals surface area contributed by atoms with Gasteiger partial charge in [0.1, 0.15) is 11.5 Å². The summed E-state index contributed by atoms with van der Waals surface area (Å²) in [6, 6.07) is 12.5. The maximum atomic E-state index is 12.8. The van der Waals surface area contributed by atoms with Crippen molar-refractivity contribution in [2.24, 2.45) is 0 Å². The lowest BCUT2D eigenvalue weighted by atomic mass is 10.2. The summed E-state index contributed by atoms with van der Waals surface area (Å²) < 4.78 is 15.8. The molecule has 0 aliphatic rings. The zero-order valence-corrected chi connectivity index (χ0v) is 17.3. The highest BCUT2D eigenvalue weighted by Gasteiger charge is 2.19. The zero-order chi connectivity index (χ0) is 20.8. The van der Waals surface area contributed by atoms with Crippen molar-refractivity contribution >= 4 is 23.2 Å². The van der Waals surface area contributed by atoms with E-state index in [1.54, 1.807) is 37.3 Å². The molecular weight excluding hydrogens is 394 g/mol. The van der Waals surface area contributed by atoms with Crippen LogP contribution in [0.5, 0.6) is 11.5 Å². The van der Waals surface area contributed by atoms with Crippen LogP contribution in [0, 0.1) is 0 Å². The highest BCUT2D eigenvalue weighted by molar-refractivity contribution is 6.31. The van der Waals surface area contributed by atoms with E-state index >= 15 is 0 Å². The van der Waals surface area contributed by atoms with E-state index in [4.69, 9.17) is 25.6 Å². The average Bonchev–Trinajstić information content (AvgIpc) is 3.22. The van der Waals surface area contributed by atoms with E-state index in [1.165, 1.54) is 0 Å². The smallest absolute Gasteiger partial charge is 0.227 e. The topological polar surface area (TPSA) is 77.7 Å². The first-order valence-corrected chi connectivity index (χ1v) is 9.54. The Balaban J connectivity index is 1.68. The molecule has 1 aromatic heterocycles. The highest BCUT2D eigenvalue weighted by atomic mass is 35.5. The first-order chi connectivity index (χ1) is 14.0. The van der Waals surface area contributed by atoms with Gasteiger partial charge in [-0.1, -0.05) is 16.8 Å². The Morgan fingerprint density at radius 2 is 1.90 bits per heavy atom. The van der Waals surface area contributed by atoms with E-state index in [0.717, 1.165) is 11.3 Å². The number of nitrogens with zero attached hydrogens (tertiary/aromatic N) is 3. The summed E-state index contributed by atoms with van der Waals surface area (Å²) >= 11 is 6.10. The van der Waals surface area contributed by atoms with E-state index in [0.29, 0.717) is 41.1 Å². The monoisotopic (exact) mass is 415 g/mol. The van der Waals surface area contributed by atoms with Crippen molar-refractivity contribution < 1.29 is 18.8 Å². The van der Waals surface area contributed by atoms with Gasteiger partial charge in [-0.15, -0.1) is 0 Å². The number of aryl methyl sites for hydroxylation is 1. The number of benzene rings is 2. The minimum atomic E-state index is -0.0859. The van der Waals surface area contributed by atoms with E-state index in [2.05, 4.69) is 10.1 Å². The molecular formula is C21H22ClN3O4. The fourth-order valence-corrected chi connectivity index (χ4v) is 3.08. The molecule has 8 heteroatoms. The first kappa shape index (κ1) is 20.7. The maximum absolute atomic E-state index is 12.8. The summed E-state index contributed by atoms with van der Waals surface area (Å²) in [7, 11) is 3.17. The number of hydrogen-bond donors (Lipinski definition) is 0. The van der Waals surface area contributed by atoms with Gasteiger partial charge >= 0.3 is 0 Å². The van der Waals surface area contributed by atoms with Crippen LogP contribution in [0.4, 0.5) is 5.69 Å². The number of rotatable bonds is 8. The molecule has 0 aliphatic heterocycles. The SMILES string of the molecule is CCN(C(=O)CCc1nc(-c2ccc(OC)cc2)no1)c1cc(Cl)ccc1OC. The second-order valence-electron chi connectivity index (χ2n) is 6.19. The molecule has 2 aromatic carbocycles. The van der Waals surface area contributed by atoms with Crippen molar-refractivity contribution in [2.45, 2.75) is 19.8 Å².